The van der Waals surface area contributed by atoms with E-state index in [4.69, 9.17) is 11.6 Å². The van der Waals surface area contributed by atoms with Crippen molar-refractivity contribution < 1.29 is 5.11 Å². The van der Waals surface area contributed by atoms with Crippen LogP contribution in [0.15, 0.2) is 64.8 Å². The summed E-state index contributed by atoms with van der Waals surface area (Å²) in [5, 5.41) is 21.0. The Balaban J connectivity index is 2.11. The first-order valence-electron chi connectivity index (χ1n) is 6.54. The Morgan fingerprint density at radius 2 is 1.76 bits per heavy atom. The maximum absolute atomic E-state index is 10.0. The summed E-state index contributed by atoms with van der Waals surface area (Å²) in [6.07, 6.45) is 0. The van der Waals surface area contributed by atoms with Crippen LogP contribution in [0, 0.1) is 6.92 Å². The molecule has 0 aliphatic rings. The standard InChI is InChI=1S/C17H13ClN2O/c1-11-6-8-13(18)10-15(11)19-20-17-14-5-3-2-4-12(14)7-9-16(17)21/h2-10,21H,1H3. The number of aromatic hydroxyl groups is 1. The molecular formula is C17H13ClN2O. The predicted octanol–water partition coefficient (Wildman–Crippen LogP) is 5.92. The Bertz CT molecular complexity index is 843. The molecule has 0 amide bonds. The summed E-state index contributed by atoms with van der Waals surface area (Å²) in [5.41, 5.74) is 2.13. The fraction of sp³-hybridized carbons (Fsp3) is 0.0588. The number of nitrogens with zero attached hydrogens (tertiary/aromatic N) is 2. The van der Waals surface area contributed by atoms with E-state index in [1.165, 1.54) is 0 Å². The number of phenolic OH excluding ortho intramolecular Hbond substituents is 1. The van der Waals surface area contributed by atoms with Gasteiger partial charge in [-0.3, -0.25) is 0 Å². The smallest absolute Gasteiger partial charge is 0.143 e. The van der Waals surface area contributed by atoms with Gasteiger partial charge < -0.3 is 5.11 Å². The topological polar surface area (TPSA) is 45.0 Å². The van der Waals surface area contributed by atoms with E-state index in [0.29, 0.717) is 16.4 Å². The zero-order chi connectivity index (χ0) is 14.8. The molecule has 0 saturated carbocycles. The van der Waals surface area contributed by atoms with Crippen molar-refractivity contribution in [1.82, 2.24) is 0 Å². The van der Waals surface area contributed by atoms with E-state index in [2.05, 4.69) is 10.2 Å². The van der Waals surface area contributed by atoms with Gasteiger partial charge in [0.25, 0.3) is 0 Å². The lowest BCUT2D eigenvalue weighted by molar-refractivity contribution is 0.477. The van der Waals surface area contributed by atoms with Crippen LogP contribution in [-0.2, 0) is 0 Å². The fourth-order valence-electron chi connectivity index (χ4n) is 2.14. The Morgan fingerprint density at radius 1 is 0.952 bits per heavy atom. The van der Waals surface area contributed by atoms with Gasteiger partial charge in [-0.1, -0.05) is 48.0 Å². The van der Waals surface area contributed by atoms with E-state index in [-0.39, 0.29) is 5.75 Å². The third kappa shape index (κ3) is 2.73. The number of benzene rings is 3. The molecule has 4 heteroatoms. The van der Waals surface area contributed by atoms with Gasteiger partial charge in [0.15, 0.2) is 0 Å². The van der Waals surface area contributed by atoms with Crippen LogP contribution in [0.25, 0.3) is 10.8 Å². The van der Waals surface area contributed by atoms with Gasteiger partial charge in [0.2, 0.25) is 0 Å². The van der Waals surface area contributed by atoms with Crippen molar-refractivity contribution in [2.24, 2.45) is 10.2 Å². The summed E-state index contributed by atoms with van der Waals surface area (Å²) < 4.78 is 0. The summed E-state index contributed by atoms with van der Waals surface area (Å²) in [4.78, 5) is 0. The molecule has 0 unspecified atom stereocenters. The van der Waals surface area contributed by atoms with Crippen molar-refractivity contribution in [2.45, 2.75) is 6.92 Å². The third-order valence-corrected chi connectivity index (χ3v) is 3.54. The average Bonchev–Trinajstić information content (AvgIpc) is 2.49. The third-order valence-electron chi connectivity index (χ3n) is 3.31. The Morgan fingerprint density at radius 3 is 2.62 bits per heavy atom. The second-order valence-electron chi connectivity index (χ2n) is 4.79. The highest BCUT2D eigenvalue weighted by molar-refractivity contribution is 6.30. The molecule has 3 aromatic carbocycles. The fourth-order valence-corrected chi connectivity index (χ4v) is 2.31. The summed E-state index contributed by atoms with van der Waals surface area (Å²) in [7, 11) is 0. The molecule has 0 radical (unpaired) electrons. The minimum absolute atomic E-state index is 0.108. The number of aryl methyl sites for hydroxylation is 1. The number of halogens is 1. The first-order chi connectivity index (χ1) is 10.1. The number of azo groups is 1. The van der Waals surface area contributed by atoms with Crippen LogP contribution in [0.2, 0.25) is 5.02 Å². The first kappa shape index (κ1) is 13.6. The quantitative estimate of drug-likeness (QED) is 0.586. The molecule has 0 aromatic heterocycles. The lowest BCUT2D eigenvalue weighted by Crippen LogP contribution is -1.76. The van der Waals surface area contributed by atoms with Gasteiger partial charge in [-0.05, 0) is 36.1 Å². The van der Waals surface area contributed by atoms with Crippen LogP contribution >= 0.6 is 11.6 Å². The van der Waals surface area contributed by atoms with Crippen LogP contribution in [0.3, 0.4) is 0 Å². The number of hydrogen-bond donors (Lipinski definition) is 1. The lowest BCUT2D eigenvalue weighted by Gasteiger charge is -2.04. The molecule has 0 fully saturated rings. The number of hydrogen-bond acceptors (Lipinski definition) is 3. The van der Waals surface area contributed by atoms with Crippen LogP contribution in [0.5, 0.6) is 5.75 Å². The van der Waals surface area contributed by atoms with Crippen LogP contribution in [-0.4, -0.2) is 5.11 Å². The largest absolute Gasteiger partial charge is 0.506 e. The monoisotopic (exact) mass is 296 g/mol. The van der Waals surface area contributed by atoms with Crippen molar-refractivity contribution in [3.63, 3.8) is 0 Å². The van der Waals surface area contributed by atoms with Gasteiger partial charge >= 0.3 is 0 Å². The molecule has 0 atom stereocenters. The van der Waals surface area contributed by atoms with Gasteiger partial charge in [0, 0.05) is 10.4 Å². The molecule has 3 nitrogen and oxygen atoms in total. The van der Waals surface area contributed by atoms with E-state index in [9.17, 15) is 5.11 Å². The molecule has 104 valence electrons. The number of phenols is 1. The molecule has 3 rings (SSSR count). The maximum Gasteiger partial charge on any atom is 0.143 e. The second-order valence-corrected chi connectivity index (χ2v) is 5.22. The minimum Gasteiger partial charge on any atom is -0.506 e. The first-order valence-corrected chi connectivity index (χ1v) is 6.91. The molecular weight excluding hydrogens is 284 g/mol. The van der Waals surface area contributed by atoms with E-state index in [0.717, 1.165) is 16.3 Å². The molecule has 1 N–H and O–H groups in total. The SMILES string of the molecule is Cc1ccc(Cl)cc1N=Nc1c(O)ccc2ccccc12. The number of rotatable bonds is 2. The van der Waals surface area contributed by atoms with Crippen molar-refractivity contribution in [3.8, 4) is 5.75 Å². The highest BCUT2D eigenvalue weighted by Gasteiger charge is 2.06. The van der Waals surface area contributed by atoms with Crippen molar-refractivity contribution >= 4 is 33.7 Å². The molecule has 21 heavy (non-hydrogen) atoms. The average molecular weight is 297 g/mol. The molecule has 0 spiro atoms. The Hall–Kier alpha value is -2.39. The van der Waals surface area contributed by atoms with E-state index in [1.54, 1.807) is 12.1 Å². The zero-order valence-electron chi connectivity index (χ0n) is 11.4. The van der Waals surface area contributed by atoms with Gasteiger partial charge in [-0.2, -0.15) is 5.11 Å². The van der Waals surface area contributed by atoms with Crippen LogP contribution < -0.4 is 0 Å². The summed E-state index contributed by atoms with van der Waals surface area (Å²) in [6.45, 7) is 1.94. The van der Waals surface area contributed by atoms with Crippen molar-refractivity contribution in [2.75, 3.05) is 0 Å². The van der Waals surface area contributed by atoms with Crippen LogP contribution in [0.1, 0.15) is 5.56 Å². The molecule has 0 saturated heterocycles. The Labute approximate surface area is 127 Å². The zero-order valence-corrected chi connectivity index (χ0v) is 12.2. The van der Waals surface area contributed by atoms with E-state index >= 15 is 0 Å². The Kier molecular flexibility index (Phi) is 3.59. The van der Waals surface area contributed by atoms with E-state index < -0.39 is 0 Å². The molecule has 0 heterocycles. The van der Waals surface area contributed by atoms with Gasteiger partial charge in [0.05, 0.1) is 5.69 Å². The lowest BCUT2D eigenvalue weighted by atomic mass is 10.1. The molecule has 0 aliphatic carbocycles. The maximum atomic E-state index is 10.0. The molecule has 0 aliphatic heterocycles. The second kappa shape index (κ2) is 5.54. The number of fused-ring (bicyclic) bond motifs is 1. The summed E-state index contributed by atoms with van der Waals surface area (Å²) in [5.74, 6) is 0.108. The van der Waals surface area contributed by atoms with E-state index in [1.807, 2.05) is 49.4 Å². The summed E-state index contributed by atoms with van der Waals surface area (Å²) in [6, 6.07) is 16.7. The normalized spacial score (nSPS) is 11.3. The highest BCUT2D eigenvalue weighted by atomic mass is 35.5. The molecule has 0 bridgehead atoms. The predicted molar refractivity (Wildman–Crippen MR) is 86.0 cm³/mol. The minimum atomic E-state index is 0.108. The van der Waals surface area contributed by atoms with Gasteiger partial charge in [-0.15, -0.1) is 5.11 Å². The summed E-state index contributed by atoms with van der Waals surface area (Å²) >= 11 is 5.97. The molecule has 3 aromatic rings. The van der Waals surface area contributed by atoms with Crippen molar-refractivity contribution in [1.29, 1.82) is 0 Å². The van der Waals surface area contributed by atoms with Crippen molar-refractivity contribution in [3.05, 3.63) is 65.2 Å². The van der Waals surface area contributed by atoms with Gasteiger partial charge in [-0.25, -0.2) is 0 Å². The van der Waals surface area contributed by atoms with Crippen LogP contribution in [0.4, 0.5) is 11.4 Å². The van der Waals surface area contributed by atoms with Gasteiger partial charge in [0.1, 0.15) is 11.4 Å². The highest BCUT2D eigenvalue weighted by Crippen LogP contribution is 2.36.